The number of rotatable bonds is 5. The topological polar surface area (TPSA) is 38.3 Å². The molecule has 0 aliphatic rings. The molecule has 1 rings (SSSR count). The number of amides is 1. The number of unbranched alkanes of at least 4 members (excludes halogenated alkanes) is 1. The van der Waals surface area contributed by atoms with E-state index < -0.39 is 9.70 Å². The van der Waals surface area contributed by atoms with Crippen LogP contribution in [0.4, 0.5) is 5.69 Å². The van der Waals surface area contributed by atoms with Crippen LogP contribution in [0.25, 0.3) is 0 Å². The number of ether oxygens (including phenoxy) is 1. The van der Waals surface area contributed by atoms with Gasteiger partial charge in [-0.25, -0.2) is 0 Å². The Hall–Kier alpha value is -0.640. The fourth-order valence-electron chi connectivity index (χ4n) is 1.42. The van der Waals surface area contributed by atoms with Crippen LogP contribution < -0.4 is 10.1 Å². The van der Waals surface area contributed by atoms with Crippen molar-refractivity contribution < 1.29 is 9.53 Å². The van der Waals surface area contributed by atoms with Crippen LogP contribution in [-0.4, -0.2) is 16.3 Å². The molecule has 1 N–H and O–H groups in total. The smallest absolute Gasteiger partial charge is 0.276 e. The number of hydrogen-bond acceptors (Lipinski definition) is 2. The number of carbonyl (C=O) groups excluding carboxylic acids is 1. The lowest BCUT2D eigenvalue weighted by molar-refractivity contribution is -0.115. The van der Waals surface area contributed by atoms with Gasteiger partial charge in [-0.05, 0) is 37.1 Å². The summed E-state index contributed by atoms with van der Waals surface area (Å²) in [5.74, 6) is 0.108. The zero-order valence-corrected chi connectivity index (χ0v) is 13.1. The molecule has 6 heteroatoms. The number of nitrogens with one attached hydrogen (secondary N) is 1. The first-order chi connectivity index (χ1) is 8.84. The predicted molar refractivity (Wildman–Crippen MR) is 80.5 cm³/mol. The average Bonchev–Trinajstić information content (AvgIpc) is 2.31. The van der Waals surface area contributed by atoms with E-state index in [0.29, 0.717) is 12.3 Å². The summed E-state index contributed by atoms with van der Waals surface area (Å²) in [7, 11) is 0. The van der Waals surface area contributed by atoms with E-state index in [1.807, 2.05) is 6.92 Å². The van der Waals surface area contributed by atoms with Gasteiger partial charge >= 0.3 is 0 Å². The van der Waals surface area contributed by atoms with Crippen molar-refractivity contribution in [2.45, 2.75) is 30.5 Å². The molecule has 0 radical (unpaired) electrons. The van der Waals surface area contributed by atoms with Gasteiger partial charge in [-0.2, -0.15) is 0 Å². The zero-order valence-electron chi connectivity index (χ0n) is 10.8. The molecule has 0 aliphatic heterocycles. The number of alkyl halides is 3. The molecular weight excluding hydrogens is 309 g/mol. The van der Waals surface area contributed by atoms with Gasteiger partial charge < -0.3 is 10.1 Å². The minimum absolute atomic E-state index is 0.566. The molecule has 3 nitrogen and oxygen atoms in total. The van der Waals surface area contributed by atoms with Gasteiger partial charge in [0.2, 0.25) is 0 Å². The summed E-state index contributed by atoms with van der Waals surface area (Å²) in [5, 5.41) is 2.53. The standard InChI is InChI=1S/C13H16Cl3NO2/c1-3-4-7-19-11-6-5-10(8-9(11)2)17-12(18)13(14,15)16/h5-6,8H,3-4,7H2,1-2H3,(H,17,18). The summed E-state index contributed by atoms with van der Waals surface area (Å²) in [5.41, 5.74) is 1.48. The number of halogens is 3. The monoisotopic (exact) mass is 323 g/mol. The third-order valence-electron chi connectivity index (χ3n) is 2.45. The first kappa shape index (κ1) is 16.4. The van der Waals surface area contributed by atoms with E-state index in [0.717, 1.165) is 24.2 Å². The highest BCUT2D eigenvalue weighted by atomic mass is 35.6. The van der Waals surface area contributed by atoms with Crippen LogP contribution in [0, 0.1) is 6.92 Å². The number of benzene rings is 1. The molecule has 106 valence electrons. The Labute approximate surface area is 128 Å². The van der Waals surface area contributed by atoms with Crippen LogP contribution in [0.3, 0.4) is 0 Å². The summed E-state index contributed by atoms with van der Waals surface area (Å²) in [6.45, 7) is 4.68. The van der Waals surface area contributed by atoms with Crippen LogP contribution in [0.2, 0.25) is 0 Å². The van der Waals surface area contributed by atoms with Crippen molar-refractivity contribution in [1.82, 2.24) is 0 Å². The molecule has 0 fully saturated rings. The van der Waals surface area contributed by atoms with Gasteiger partial charge in [-0.15, -0.1) is 0 Å². The Kier molecular flexibility index (Phi) is 6.24. The lowest BCUT2D eigenvalue weighted by Gasteiger charge is -2.13. The van der Waals surface area contributed by atoms with Crippen molar-refractivity contribution in [3.05, 3.63) is 23.8 Å². The average molecular weight is 325 g/mol. The van der Waals surface area contributed by atoms with Crippen LogP contribution in [-0.2, 0) is 4.79 Å². The van der Waals surface area contributed by atoms with Crippen LogP contribution in [0.5, 0.6) is 5.75 Å². The van der Waals surface area contributed by atoms with Gasteiger partial charge in [0.05, 0.1) is 6.61 Å². The molecule has 0 saturated carbocycles. The van der Waals surface area contributed by atoms with E-state index >= 15 is 0 Å². The fourth-order valence-corrected chi connectivity index (χ4v) is 1.56. The summed E-state index contributed by atoms with van der Waals surface area (Å²) in [6.07, 6.45) is 2.08. The van der Waals surface area contributed by atoms with Crippen LogP contribution in [0.15, 0.2) is 18.2 Å². The molecule has 0 heterocycles. The third kappa shape index (κ3) is 5.47. The molecule has 0 bridgehead atoms. The second-order valence-electron chi connectivity index (χ2n) is 4.13. The van der Waals surface area contributed by atoms with E-state index in [2.05, 4.69) is 12.2 Å². The van der Waals surface area contributed by atoms with Crippen molar-refractivity contribution in [3.8, 4) is 5.75 Å². The minimum atomic E-state index is -1.97. The van der Waals surface area contributed by atoms with Gasteiger partial charge in [0.15, 0.2) is 0 Å². The SMILES string of the molecule is CCCCOc1ccc(NC(=O)C(Cl)(Cl)Cl)cc1C. The van der Waals surface area contributed by atoms with E-state index in [9.17, 15) is 4.79 Å². The molecule has 0 atom stereocenters. The van der Waals surface area contributed by atoms with Gasteiger partial charge in [-0.3, -0.25) is 4.79 Å². The second-order valence-corrected chi connectivity index (χ2v) is 6.42. The third-order valence-corrected chi connectivity index (χ3v) is 2.96. The molecule has 0 aromatic heterocycles. The molecule has 19 heavy (non-hydrogen) atoms. The first-order valence-electron chi connectivity index (χ1n) is 5.96. The summed E-state index contributed by atoms with van der Waals surface area (Å²) in [6, 6.07) is 5.27. The van der Waals surface area contributed by atoms with Gasteiger partial charge in [0.25, 0.3) is 9.70 Å². The Morgan fingerprint density at radius 2 is 2.05 bits per heavy atom. The van der Waals surface area contributed by atoms with E-state index in [1.165, 1.54) is 0 Å². The summed E-state index contributed by atoms with van der Waals surface area (Å²) in [4.78, 5) is 11.5. The van der Waals surface area contributed by atoms with E-state index in [4.69, 9.17) is 39.5 Å². The number of anilines is 1. The maximum absolute atomic E-state index is 11.5. The Bertz CT molecular complexity index is 444. The van der Waals surface area contributed by atoms with Gasteiger partial charge in [0.1, 0.15) is 5.75 Å². The highest BCUT2D eigenvalue weighted by Gasteiger charge is 2.30. The molecule has 0 saturated heterocycles. The van der Waals surface area contributed by atoms with Crippen molar-refractivity contribution >= 4 is 46.4 Å². The Morgan fingerprint density at radius 1 is 1.37 bits per heavy atom. The molecular formula is C13H16Cl3NO2. The van der Waals surface area contributed by atoms with Gasteiger partial charge in [-0.1, -0.05) is 48.1 Å². The lowest BCUT2D eigenvalue weighted by atomic mass is 10.2. The quantitative estimate of drug-likeness (QED) is 0.640. The number of hydrogen-bond donors (Lipinski definition) is 1. The maximum atomic E-state index is 11.5. The van der Waals surface area contributed by atoms with Crippen molar-refractivity contribution in [2.75, 3.05) is 11.9 Å². The largest absolute Gasteiger partial charge is 0.493 e. The fraction of sp³-hybridized carbons (Fsp3) is 0.462. The van der Waals surface area contributed by atoms with Crippen molar-refractivity contribution in [1.29, 1.82) is 0 Å². The van der Waals surface area contributed by atoms with E-state index in [1.54, 1.807) is 18.2 Å². The first-order valence-corrected chi connectivity index (χ1v) is 7.09. The zero-order chi connectivity index (χ0) is 14.5. The van der Waals surface area contributed by atoms with Crippen LogP contribution in [0.1, 0.15) is 25.3 Å². The van der Waals surface area contributed by atoms with Gasteiger partial charge in [0, 0.05) is 5.69 Å². The highest BCUT2D eigenvalue weighted by molar-refractivity contribution is 6.76. The molecule has 1 aromatic rings. The second kappa shape index (κ2) is 7.22. The maximum Gasteiger partial charge on any atom is 0.276 e. The lowest BCUT2D eigenvalue weighted by Crippen LogP contribution is -2.26. The highest BCUT2D eigenvalue weighted by Crippen LogP contribution is 2.29. The molecule has 0 aliphatic carbocycles. The number of aryl methyl sites for hydroxylation is 1. The minimum Gasteiger partial charge on any atom is -0.493 e. The predicted octanol–water partition coefficient (Wildman–Crippen LogP) is 4.48. The van der Waals surface area contributed by atoms with Crippen molar-refractivity contribution in [3.63, 3.8) is 0 Å². The Balaban J connectivity index is 2.69. The summed E-state index contributed by atoms with van der Waals surface area (Å²) >= 11 is 16.4. The Morgan fingerprint density at radius 3 is 2.58 bits per heavy atom. The van der Waals surface area contributed by atoms with Crippen molar-refractivity contribution in [2.24, 2.45) is 0 Å². The molecule has 1 amide bonds. The van der Waals surface area contributed by atoms with Crippen LogP contribution >= 0.6 is 34.8 Å². The molecule has 0 spiro atoms. The number of carbonyl (C=O) groups is 1. The molecule has 1 aromatic carbocycles. The normalized spacial score (nSPS) is 11.2. The molecule has 0 unspecified atom stereocenters. The summed E-state index contributed by atoms with van der Waals surface area (Å²) < 4.78 is 3.65. The van der Waals surface area contributed by atoms with E-state index in [-0.39, 0.29) is 0 Å².